The van der Waals surface area contributed by atoms with Crippen molar-refractivity contribution in [2.45, 2.75) is 64.5 Å². The Bertz CT molecular complexity index is 391. The van der Waals surface area contributed by atoms with Crippen molar-refractivity contribution in [2.75, 3.05) is 20.1 Å². The molecule has 3 rings (SSSR count). The molecule has 2 aliphatic rings. The zero-order valence-electron chi connectivity index (χ0n) is 14.1. The minimum Gasteiger partial charge on any atom is -0.313 e. The van der Waals surface area contributed by atoms with Gasteiger partial charge in [0.05, 0.1) is 0 Å². The Labute approximate surface area is 130 Å². The molecule has 1 aliphatic heterocycles. The van der Waals surface area contributed by atoms with E-state index >= 15 is 0 Å². The van der Waals surface area contributed by atoms with Gasteiger partial charge < -0.3 is 10.2 Å². The van der Waals surface area contributed by atoms with Crippen LogP contribution in [-0.4, -0.2) is 37.1 Å². The van der Waals surface area contributed by atoms with Crippen LogP contribution in [0.3, 0.4) is 0 Å². The Hall–Kier alpha value is -0.860. The van der Waals surface area contributed by atoms with Crippen LogP contribution >= 0.6 is 0 Å². The van der Waals surface area contributed by atoms with E-state index in [1.807, 2.05) is 13.8 Å². The standard InChI is InChI=1S/C17H26N2.C2H6/c1-19-11-5-4-8-17(19)9-10-18-16-12-14-6-2-3-7-15(14)13-16;1-2/h2-3,6-7,16-18H,4-5,8-13H2,1H3;1-2H3. The normalized spacial score (nSPS) is 22.5. The monoisotopic (exact) mass is 288 g/mol. The van der Waals surface area contributed by atoms with Gasteiger partial charge in [-0.1, -0.05) is 44.5 Å². The third kappa shape index (κ3) is 4.55. The summed E-state index contributed by atoms with van der Waals surface area (Å²) < 4.78 is 0. The first-order valence-corrected chi connectivity index (χ1v) is 8.83. The number of fused-ring (bicyclic) bond motifs is 1. The molecule has 2 nitrogen and oxygen atoms in total. The first kappa shape index (κ1) is 16.5. The molecule has 0 spiro atoms. The van der Waals surface area contributed by atoms with E-state index in [-0.39, 0.29) is 0 Å². The topological polar surface area (TPSA) is 15.3 Å². The van der Waals surface area contributed by atoms with E-state index in [1.54, 1.807) is 11.1 Å². The van der Waals surface area contributed by atoms with Gasteiger partial charge in [-0.05, 0) is 63.4 Å². The van der Waals surface area contributed by atoms with Crippen LogP contribution in [0.15, 0.2) is 24.3 Å². The molecule has 1 unspecified atom stereocenters. The first-order valence-electron chi connectivity index (χ1n) is 8.83. The predicted molar refractivity (Wildman–Crippen MR) is 91.9 cm³/mol. The predicted octanol–water partition coefficient (Wildman–Crippen LogP) is 3.64. The van der Waals surface area contributed by atoms with E-state index in [0.717, 1.165) is 6.04 Å². The highest BCUT2D eigenvalue weighted by Crippen LogP contribution is 2.22. The number of benzene rings is 1. The van der Waals surface area contributed by atoms with Crippen LogP contribution in [0.5, 0.6) is 0 Å². The lowest BCUT2D eigenvalue weighted by Crippen LogP contribution is -2.40. The summed E-state index contributed by atoms with van der Waals surface area (Å²) in [6, 6.07) is 10.4. The average Bonchev–Trinajstić information content (AvgIpc) is 2.94. The maximum atomic E-state index is 3.77. The summed E-state index contributed by atoms with van der Waals surface area (Å²) in [6.45, 7) is 6.47. The summed E-state index contributed by atoms with van der Waals surface area (Å²) in [6.07, 6.45) is 7.95. The molecule has 1 aromatic rings. The molecule has 0 bridgehead atoms. The van der Waals surface area contributed by atoms with Crippen LogP contribution in [0, 0.1) is 0 Å². The number of likely N-dealkylation sites (tertiary alicyclic amines) is 1. The van der Waals surface area contributed by atoms with Gasteiger partial charge in [0.15, 0.2) is 0 Å². The maximum absolute atomic E-state index is 3.77. The Morgan fingerprint density at radius 3 is 2.38 bits per heavy atom. The lowest BCUT2D eigenvalue weighted by Gasteiger charge is -2.32. The third-order valence-electron chi connectivity index (χ3n) is 4.88. The second-order valence-electron chi connectivity index (χ2n) is 6.25. The van der Waals surface area contributed by atoms with Crippen LogP contribution in [0.4, 0.5) is 0 Å². The minimum absolute atomic E-state index is 0.672. The highest BCUT2D eigenvalue weighted by Gasteiger charge is 2.22. The van der Waals surface area contributed by atoms with Gasteiger partial charge in [0.25, 0.3) is 0 Å². The zero-order valence-corrected chi connectivity index (χ0v) is 14.1. The summed E-state index contributed by atoms with van der Waals surface area (Å²) in [5.41, 5.74) is 3.10. The van der Waals surface area contributed by atoms with Gasteiger partial charge in [-0.15, -0.1) is 0 Å². The van der Waals surface area contributed by atoms with E-state index in [4.69, 9.17) is 0 Å². The summed E-state index contributed by atoms with van der Waals surface area (Å²) in [7, 11) is 2.29. The van der Waals surface area contributed by atoms with Crippen molar-refractivity contribution >= 4 is 0 Å². The third-order valence-corrected chi connectivity index (χ3v) is 4.88. The summed E-state index contributed by atoms with van der Waals surface area (Å²) in [5, 5.41) is 3.77. The summed E-state index contributed by atoms with van der Waals surface area (Å²) in [4.78, 5) is 2.55. The van der Waals surface area contributed by atoms with Crippen LogP contribution in [-0.2, 0) is 12.8 Å². The number of hydrogen-bond donors (Lipinski definition) is 1. The van der Waals surface area contributed by atoms with Gasteiger partial charge in [0, 0.05) is 12.1 Å². The largest absolute Gasteiger partial charge is 0.313 e. The fourth-order valence-electron chi connectivity index (χ4n) is 3.67. The number of hydrogen-bond acceptors (Lipinski definition) is 2. The quantitative estimate of drug-likeness (QED) is 0.910. The smallest absolute Gasteiger partial charge is 0.0148 e. The van der Waals surface area contributed by atoms with Gasteiger partial charge in [0.1, 0.15) is 0 Å². The van der Waals surface area contributed by atoms with Crippen molar-refractivity contribution < 1.29 is 0 Å². The second kappa shape index (κ2) is 8.55. The molecule has 1 N–H and O–H groups in total. The summed E-state index contributed by atoms with van der Waals surface area (Å²) in [5.74, 6) is 0. The molecule has 0 radical (unpaired) electrons. The molecule has 0 amide bonds. The molecule has 0 saturated carbocycles. The lowest BCUT2D eigenvalue weighted by molar-refractivity contribution is 0.174. The summed E-state index contributed by atoms with van der Waals surface area (Å²) >= 11 is 0. The van der Waals surface area contributed by atoms with Gasteiger partial charge in [0.2, 0.25) is 0 Å². The SMILES string of the molecule is CC.CN1CCCCC1CCNC1Cc2ccccc2C1. The highest BCUT2D eigenvalue weighted by molar-refractivity contribution is 5.33. The van der Waals surface area contributed by atoms with Gasteiger partial charge in [-0.2, -0.15) is 0 Å². The number of nitrogens with one attached hydrogen (secondary N) is 1. The second-order valence-corrected chi connectivity index (χ2v) is 6.25. The Morgan fingerprint density at radius 1 is 1.10 bits per heavy atom. The Kier molecular flexibility index (Phi) is 6.72. The molecule has 0 aromatic heterocycles. The van der Waals surface area contributed by atoms with E-state index < -0.39 is 0 Å². The van der Waals surface area contributed by atoms with E-state index in [0.29, 0.717) is 6.04 Å². The van der Waals surface area contributed by atoms with Crippen molar-refractivity contribution in [3.8, 4) is 0 Å². The van der Waals surface area contributed by atoms with Gasteiger partial charge >= 0.3 is 0 Å². The first-order chi connectivity index (χ1) is 10.3. The van der Waals surface area contributed by atoms with Crippen LogP contribution < -0.4 is 5.32 Å². The zero-order chi connectivity index (χ0) is 15.1. The van der Waals surface area contributed by atoms with E-state index in [2.05, 4.69) is 41.5 Å². The van der Waals surface area contributed by atoms with Crippen molar-refractivity contribution in [2.24, 2.45) is 0 Å². The Balaban J connectivity index is 0.000000774. The molecule has 1 aliphatic carbocycles. The highest BCUT2D eigenvalue weighted by atomic mass is 15.1. The van der Waals surface area contributed by atoms with Crippen LogP contribution in [0.2, 0.25) is 0 Å². The van der Waals surface area contributed by atoms with Crippen molar-refractivity contribution in [3.63, 3.8) is 0 Å². The molecule has 1 atom stereocenters. The van der Waals surface area contributed by atoms with E-state index in [1.165, 1.54) is 51.6 Å². The molecule has 1 fully saturated rings. The van der Waals surface area contributed by atoms with Crippen molar-refractivity contribution in [1.82, 2.24) is 10.2 Å². The van der Waals surface area contributed by atoms with Crippen LogP contribution in [0.1, 0.15) is 50.7 Å². The molecule has 1 aromatic carbocycles. The fraction of sp³-hybridized carbons (Fsp3) is 0.684. The minimum atomic E-state index is 0.672. The van der Waals surface area contributed by atoms with Crippen molar-refractivity contribution in [3.05, 3.63) is 35.4 Å². The average molecular weight is 288 g/mol. The fourth-order valence-corrected chi connectivity index (χ4v) is 3.67. The van der Waals surface area contributed by atoms with Crippen LogP contribution in [0.25, 0.3) is 0 Å². The number of piperidine rings is 1. The molecule has 2 heteroatoms. The number of nitrogens with zero attached hydrogens (tertiary/aromatic N) is 1. The van der Waals surface area contributed by atoms with E-state index in [9.17, 15) is 0 Å². The van der Waals surface area contributed by atoms with Gasteiger partial charge in [-0.3, -0.25) is 0 Å². The molecular formula is C19H32N2. The molecule has 1 heterocycles. The lowest BCUT2D eigenvalue weighted by atomic mass is 10.00. The van der Waals surface area contributed by atoms with Crippen molar-refractivity contribution in [1.29, 1.82) is 0 Å². The Morgan fingerprint density at radius 2 is 1.76 bits per heavy atom. The molecular weight excluding hydrogens is 256 g/mol. The maximum Gasteiger partial charge on any atom is 0.0148 e. The molecule has 1 saturated heterocycles. The molecule has 21 heavy (non-hydrogen) atoms. The molecule has 118 valence electrons. The number of rotatable bonds is 4. The van der Waals surface area contributed by atoms with Gasteiger partial charge in [-0.25, -0.2) is 0 Å².